The molecule has 152 valence electrons. The number of nitriles is 1. The van der Waals surface area contributed by atoms with Gasteiger partial charge in [-0.1, -0.05) is 36.4 Å². The van der Waals surface area contributed by atoms with Crippen molar-refractivity contribution >= 4 is 5.78 Å². The van der Waals surface area contributed by atoms with Gasteiger partial charge in [0, 0.05) is 24.0 Å². The van der Waals surface area contributed by atoms with Gasteiger partial charge in [-0.05, 0) is 17.2 Å². The monoisotopic (exact) mass is 402 g/mol. The Morgan fingerprint density at radius 1 is 1.13 bits per heavy atom. The van der Waals surface area contributed by atoms with Crippen molar-refractivity contribution in [3.63, 3.8) is 0 Å². The van der Waals surface area contributed by atoms with Crippen LogP contribution in [0.5, 0.6) is 11.5 Å². The maximum absolute atomic E-state index is 12.5. The number of ether oxygens (including phenoxy) is 3. The largest absolute Gasteiger partial charge is 0.497 e. The molecule has 0 aromatic heterocycles. The van der Waals surface area contributed by atoms with E-state index in [9.17, 15) is 10.1 Å². The fourth-order valence-corrected chi connectivity index (χ4v) is 4.31. The molecule has 0 saturated heterocycles. The van der Waals surface area contributed by atoms with E-state index in [1.54, 1.807) is 20.3 Å². The van der Waals surface area contributed by atoms with Crippen molar-refractivity contribution in [1.82, 2.24) is 0 Å². The molecule has 1 aliphatic carbocycles. The fraction of sp³-hybridized carbons (Fsp3) is 0.250. The summed E-state index contributed by atoms with van der Waals surface area (Å²) in [6.07, 6.45) is 0.507. The van der Waals surface area contributed by atoms with E-state index in [1.807, 2.05) is 42.5 Å². The van der Waals surface area contributed by atoms with Crippen LogP contribution in [0.25, 0.3) is 0 Å². The summed E-state index contributed by atoms with van der Waals surface area (Å²) < 4.78 is 16.8. The van der Waals surface area contributed by atoms with Crippen molar-refractivity contribution in [3.05, 3.63) is 82.4 Å². The molecule has 0 spiro atoms. The average molecular weight is 402 g/mol. The molecule has 0 fully saturated rings. The highest BCUT2D eigenvalue weighted by Gasteiger charge is 2.42. The summed E-state index contributed by atoms with van der Waals surface area (Å²) in [6.45, 7) is 0. The number of Topliss-reactive ketones (excluding diaryl/α,β-unsaturated/α-hetero) is 1. The topological polar surface area (TPSA) is 94.6 Å². The molecule has 30 heavy (non-hydrogen) atoms. The van der Waals surface area contributed by atoms with Crippen LogP contribution in [0.3, 0.4) is 0 Å². The van der Waals surface area contributed by atoms with Crippen molar-refractivity contribution in [2.45, 2.75) is 24.7 Å². The van der Waals surface area contributed by atoms with Crippen molar-refractivity contribution in [1.29, 1.82) is 5.26 Å². The third kappa shape index (κ3) is 3.29. The SMILES string of the molecule is COc1ccc([C@H]2C(C#N)=C(N)OC3=C2[C@H](c2ccccc2)CC(=O)C3)c(OC)c1. The van der Waals surface area contributed by atoms with E-state index in [0.717, 1.165) is 16.7 Å². The number of rotatable bonds is 4. The van der Waals surface area contributed by atoms with Crippen LogP contribution in [-0.2, 0) is 9.53 Å². The molecule has 1 aliphatic heterocycles. The lowest BCUT2D eigenvalue weighted by Crippen LogP contribution is -2.29. The number of nitrogens with two attached hydrogens (primary N) is 1. The van der Waals surface area contributed by atoms with Gasteiger partial charge in [-0.15, -0.1) is 0 Å². The molecule has 2 N–H and O–H groups in total. The number of nitrogens with zero attached hydrogens (tertiary/aromatic N) is 1. The van der Waals surface area contributed by atoms with Crippen molar-refractivity contribution in [3.8, 4) is 17.6 Å². The van der Waals surface area contributed by atoms with E-state index < -0.39 is 5.92 Å². The smallest absolute Gasteiger partial charge is 0.205 e. The van der Waals surface area contributed by atoms with E-state index in [1.165, 1.54) is 0 Å². The van der Waals surface area contributed by atoms with Crippen molar-refractivity contribution in [2.75, 3.05) is 14.2 Å². The molecule has 0 saturated carbocycles. The Morgan fingerprint density at radius 2 is 1.90 bits per heavy atom. The fourth-order valence-electron chi connectivity index (χ4n) is 4.31. The number of carbonyl (C=O) groups excluding carboxylic acids is 1. The van der Waals surface area contributed by atoms with Gasteiger partial charge in [0.25, 0.3) is 0 Å². The average Bonchev–Trinajstić information content (AvgIpc) is 2.77. The first-order chi connectivity index (χ1) is 14.6. The van der Waals surface area contributed by atoms with E-state index in [2.05, 4.69) is 6.07 Å². The zero-order chi connectivity index (χ0) is 21.3. The van der Waals surface area contributed by atoms with Crippen LogP contribution in [-0.4, -0.2) is 20.0 Å². The number of methoxy groups -OCH3 is 2. The normalized spacial score (nSPS) is 20.9. The Kier molecular flexibility index (Phi) is 5.20. The minimum Gasteiger partial charge on any atom is -0.497 e. The molecule has 1 heterocycles. The highest BCUT2D eigenvalue weighted by atomic mass is 16.5. The van der Waals surface area contributed by atoms with Crippen LogP contribution >= 0.6 is 0 Å². The van der Waals surface area contributed by atoms with Crippen LogP contribution in [0.4, 0.5) is 0 Å². The predicted molar refractivity (Wildman–Crippen MR) is 111 cm³/mol. The van der Waals surface area contributed by atoms with Gasteiger partial charge in [-0.2, -0.15) is 5.26 Å². The molecule has 2 aromatic rings. The number of carbonyl (C=O) groups is 1. The Balaban J connectivity index is 1.95. The standard InChI is InChI=1S/C24H22N2O4/c1-28-16-8-9-17(20(12-16)29-2)22-19(13-25)24(26)30-21-11-15(27)10-18(23(21)22)14-6-4-3-5-7-14/h3-9,12,18,22H,10-11,26H2,1-2H3/t18-,22-/m0/s1. The minimum atomic E-state index is -0.474. The third-order valence-electron chi connectivity index (χ3n) is 5.66. The Bertz CT molecular complexity index is 1100. The molecule has 0 bridgehead atoms. The molecule has 0 amide bonds. The summed E-state index contributed by atoms with van der Waals surface area (Å²) in [4.78, 5) is 12.5. The lowest BCUT2D eigenvalue weighted by Gasteiger charge is -2.37. The van der Waals surface area contributed by atoms with E-state index in [4.69, 9.17) is 19.9 Å². The first kappa shape index (κ1) is 19.6. The first-order valence-electron chi connectivity index (χ1n) is 9.66. The van der Waals surface area contributed by atoms with Gasteiger partial charge in [-0.3, -0.25) is 4.79 Å². The molecule has 2 atom stereocenters. The summed E-state index contributed by atoms with van der Waals surface area (Å²) in [5.41, 5.74) is 9.10. The summed E-state index contributed by atoms with van der Waals surface area (Å²) >= 11 is 0. The Morgan fingerprint density at radius 3 is 2.57 bits per heavy atom. The maximum Gasteiger partial charge on any atom is 0.205 e. The van der Waals surface area contributed by atoms with Gasteiger partial charge >= 0.3 is 0 Å². The molecular weight excluding hydrogens is 380 g/mol. The third-order valence-corrected chi connectivity index (χ3v) is 5.66. The summed E-state index contributed by atoms with van der Waals surface area (Å²) in [5, 5.41) is 9.93. The predicted octanol–water partition coefficient (Wildman–Crippen LogP) is 3.91. The second-order valence-electron chi connectivity index (χ2n) is 7.29. The Hall–Kier alpha value is -3.72. The van der Waals surface area contributed by atoms with Gasteiger partial charge in [-0.25, -0.2) is 0 Å². The highest BCUT2D eigenvalue weighted by molar-refractivity contribution is 5.84. The highest BCUT2D eigenvalue weighted by Crippen LogP contribution is 2.51. The molecule has 2 aliphatic rings. The van der Waals surface area contributed by atoms with Gasteiger partial charge in [0.2, 0.25) is 5.88 Å². The molecule has 6 nitrogen and oxygen atoms in total. The van der Waals surface area contributed by atoms with Gasteiger partial charge in [0.1, 0.15) is 34.7 Å². The molecule has 0 radical (unpaired) electrons. The molecule has 4 rings (SSSR count). The van der Waals surface area contributed by atoms with Gasteiger partial charge < -0.3 is 19.9 Å². The Labute approximate surface area is 175 Å². The molecular formula is C24H22N2O4. The molecule has 2 aromatic carbocycles. The lowest BCUT2D eigenvalue weighted by molar-refractivity contribution is -0.119. The van der Waals surface area contributed by atoms with Gasteiger partial charge in [0.15, 0.2) is 0 Å². The van der Waals surface area contributed by atoms with E-state index in [0.29, 0.717) is 29.3 Å². The van der Waals surface area contributed by atoms with Gasteiger partial charge in [0.05, 0.1) is 26.6 Å². The number of ketones is 1. The second kappa shape index (κ2) is 7.96. The number of hydrogen-bond acceptors (Lipinski definition) is 6. The number of hydrogen-bond donors (Lipinski definition) is 1. The van der Waals surface area contributed by atoms with E-state index >= 15 is 0 Å². The van der Waals surface area contributed by atoms with Crippen LogP contribution in [0.15, 0.2) is 71.3 Å². The zero-order valence-electron chi connectivity index (χ0n) is 16.8. The maximum atomic E-state index is 12.5. The minimum absolute atomic E-state index is 0.0284. The van der Waals surface area contributed by atoms with Crippen LogP contribution in [0.2, 0.25) is 0 Å². The van der Waals surface area contributed by atoms with Crippen LogP contribution in [0, 0.1) is 11.3 Å². The summed E-state index contributed by atoms with van der Waals surface area (Å²) in [6, 6.07) is 17.5. The van der Waals surface area contributed by atoms with Crippen molar-refractivity contribution < 1.29 is 19.0 Å². The second-order valence-corrected chi connectivity index (χ2v) is 7.29. The van der Waals surface area contributed by atoms with E-state index in [-0.39, 0.29) is 24.0 Å². The lowest BCUT2D eigenvalue weighted by atomic mass is 9.70. The molecule has 0 unspecified atom stereocenters. The first-order valence-corrected chi connectivity index (χ1v) is 9.66. The number of benzene rings is 2. The zero-order valence-corrected chi connectivity index (χ0v) is 16.8. The van der Waals surface area contributed by atoms with Crippen molar-refractivity contribution in [2.24, 2.45) is 5.73 Å². The summed E-state index contributed by atoms with van der Waals surface area (Å²) in [7, 11) is 3.16. The van der Waals surface area contributed by atoms with Crippen LogP contribution in [0.1, 0.15) is 35.8 Å². The van der Waals surface area contributed by atoms with Crippen LogP contribution < -0.4 is 15.2 Å². The summed E-state index contributed by atoms with van der Waals surface area (Å²) in [5.74, 6) is 1.17. The quantitative estimate of drug-likeness (QED) is 0.833. The number of allylic oxidation sites excluding steroid dienone is 3. The molecule has 6 heteroatoms.